The van der Waals surface area contributed by atoms with Crippen LogP contribution in [0.3, 0.4) is 0 Å². The largest absolute Gasteiger partial charge is 0.275 e. The fourth-order valence-electron chi connectivity index (χ4n) is 4.14. The van der Waals surface area contributed by atoms with Crippen molar-refractivity contribution in [1.82, 2.24) is 4.40 Å². The highest BCUT2D eigenvalue weighted by Gasteiger charge is 2.22. The average Bonchev–Trinajstić information content (AvgIpc) is 3.02. The van der Waals surface area contributed by atoms with Gasteiger partial charge in [0.25, 0.3) is 5.56 Å². The van der Waals surface area contributed by atoms with Crippen LogP contribution in [-0.2, 0) is 6.42 Å². The highest BCUT2D eigenvalue weighted by molar-refractivity contribution is 9.10. The first-order chi connectivity index (χ1) is 12.7. The topological polar surface area (TPSA) is 21.5 Å². The summed E-state index contributed by atoms with van der Waals surface area (Å²) in [6, 6.07) is 22.3. The lowest BCUT2D eigenvalue weighted by Gasteiger charge is -2.09. The van der Waals surface area contributed by atoms with Crippen molar-refractivity contribution in [2.45, 2.75) is 13.3 Å². The third-order valence-electron chi connectivity index (χ3n) is 5.22. The number of pyridine rings is 1. The minimum atomic E-state index is 0.0507. The van der Waals surface area contributed by atoms with Gasteiger partial charge in [-0.15, -0.1) is 0 Å². The zero-order chi connectivity index (χ0) is 17.8. The molecule has 0 aliphatic rings. The van der Waals surface area contributed by atoms with Crippen LogP contribution in [0.15, 0.2) is 76.0 Å². The first kappa shape index (κ1) is 15.6. The normalized spacial score (nSPS) is 11.8. The van der Waals surface area contributed by atoms with Gasteiger partial charge in [0.2, 0.25) is 0 Å². The molecule has 5 rings (SSSR count). The molecule has 0 saturated heterocycles. The molecular weight excluding hydrogens is 386 g/mol. The molecule has 2 heterocycles. The van der Waals surface area contributed by atoms with Crippen LogP contribution in [0.4, 0.5) is 0 Å². The molecule has 126 valence electrons. The van der Waals surface area contributed by atoms with Gasteiger partial charge in [-0.1, -0.05) is 77.5 Å². The summed E-state index contributed by atoms with van der Waals surface area (Å²) in [4.78, 5) is 13.5. The van der Waals surface area contributed by atoms with Gasteiger partial charge in [0.15, 0.2) is 0 Å². The number of fused-ring (bicyclic) bond motifs is 2. The van der Waals surface area contributed by atoms with E-state index < -0.39 is 0 Å². The number of hydrogen-bond acceptors (Lipinski definition) is 1. The average molecular weight is 402 g/mol. The number of aryl methyl sites for hydroxylation is 1. The standard InChI is InChI=1S/C23H16BrNO/c1-2-15-17-12-13-19(24)20-16-10-6-7-11-18(16)23(26)25(22(17)20)21(15)14-8-4-3-5-9-14/h3-13H,2H2,1H3. The molecule has 0 saturated carbocycles. The molecular formula is C23H16BrNO. The Morgan fingerprint density at radius 3 is 2.27 bits per heavy atom. The van der Waals surface area contributed by atoms with Crippen molar-refractivity contribution < 1.29 is 0 Å². The molecule has 0 fully saturated rings. The quantitative estimate of drug-likeness (QED) is 0.330. The Hall–Kier alpha value is -2.65. The minimum absolute atomic E-state index is 0.0507. The maximum absolute atomic E-state index is 13.5. The zero-order valence-electron chi connectivity index (χ0n) is 14.3. The smallest absolute Gasteiger partial charge is 0.263 e. The highest BCUT2D eigenvalue weighted by atomic mass is 79.9. The molecule has 0 radical (unpaired) electrons. The summed E-state index contributed by atoms with van der Waals surface area (Å²) in [5.74, 6) is 0. The summed E-state index contributed by atoms with van der Waals surface area (Å²) in [7, 11) is 0. The fourth-order valence-corrected chi connectivity index (χ4v) is 4.67. The molecule has 3 aromatic carbocycles. The van der Waals surface area contributed by atoms with Gasteiger partial charge >= 0.3 is 0 Å². The Balaban J connectivity index is 2.17. The van der Waals surface area contributed by atoms with Crippen molar-refractivity contribution in [2.24, 2.45) is 0 Å². The molecule has 0 unspecified atom stereocenters. The Labute approximate surface area is 159 Å². The van der Waals surface area contributed by atoms with E-state index in [0.717, 1.165) is 49.2 Å². The third-order valence-corrected chi connectivity index (χ3v) is 5.88. The van der Waals surface area contributed by atoms with Crippen LogP contribution in [0.25, 0.3) is 38.3 Å². The highest BCUT2D eigenvalue weighted by Crippen LogP contribution is 2.40. The van der Waals surface area contributed by atoms with Crippen molar-refractivity contribution in [3.05, 3.63) is 87.1 Å². The lowest BCUT2D eigenvalue weighted by molar-refractivity contribution is 1.10. The van der Waals surface area contributed by atoms with Crippen LogP contribution in [0.2, 0.25) is 0 Å². The van der Waals surface area contributed by atoms with Gasteiger partial charge < -0.3 is 0 Å². The number of hydrogen-bond donors (Lipinski definition) is 0. The van der Waals surface area contributed by atoms with Gasteiger partial charge in [0.1, 0.15) is 0 Å². The molecule has 2 nitrogen and oxygen atoms in total. The molecule has 26 heavy (non-hydrogen) atoms. The molecule has 0 aliphatic carbocycles. The number of nitrogens with zero attached hydrogens (tertiary/aromatic N) is 1. The lowest BCUT2D eigenvalue weighted by Crippen LogP contribution is -2.14. The summed E-state index contributed by atoms with van der Waals surface area (Å²) in [5, 5.41) is 4.02. The van der Waals surface area contributed by atoms with Crippen LogP contribution in [0.1, 0.15) is 12.5 Å². The van der Waals surface area contributed by atoms with Crippen molar-refractivity contribution in [2.75, 3.05) is 0 Å². The van der Waals surface area contributed by atoms with Gasteiger partial charge in [-0.3, -0.25) is 9.20 Å². The molecule has 3 heteroatoms. The second kappa shape index (κ2) is 5.68. The number of aromatic nitrogens is 1. The van der Waals surface area contributed by atoms with E-state index in [0.29, 0.717) is 0 Å². The Bertz CT molecular complexity index is 1340. The summed E-state index contributed by atoms with van der Waals surface area (Å²) in [6.07, 6.45) is 0.873. The molecule has 2 aromatic heterocycles. The van der Waals surface area contributed by atoms with Gasteiger partial charge in [-0.25, -0.2) is 0 Å². The summed E-state index contributed by atoms with van der Waals surface area (Å²) in [5.41, 5.74) is 4.38. The van der Waals surface area contributed by atoms with Crippen LogP contribution >= 0.6 is 15.9 Å². The van der Waals surface area contributed by atoms with Crippen LogP contribution < -0.4 is 5.56 Å². The molecule has 0 spiro atoms. The van der Waals surface area contributed by atoms with Gasteiger partial charge in [0.05, 0.1) is 11.2 Å². The molecule has 5 aromatic rings. The first-order valence-electron chi connectivity index (χ1n) is 8.77. The van der Waals surface area contributed by atoms with E-state index in [-0.39, 0.29) is 5.56 Å². The summed E-state index contributed by atoms with van der Waals surface area (Å²) < 4.78 is 2.94. The van der Waals surface area contributed by atoms with Crippen molar-refractivity contribution in [3.8, 4) is 11.3 Å². The van der Waals surface area contributed by atoms with E-state index >= 15 is 0 Å². The molecule has 0 bridgehead atoms. The SMILES string of the molecule is CCc1c(-c2ccccc2)n2c(=O)c3ccccc3c3c(Br)ccc1c32. The monoisotopic (exact) mass is 401 g/mol. The van der Waals surface area contributed by atoms with E-state index in [1.807, 2.05) is 46.9 Å². The van der Waals surface area contributed by atoms with Gasteiger partial charge in [0, 0.05) is 20.6 Å². The van der Waals surface area contributed by atoms with E-state index in [1.165, 1.54) is 5.56 Å². The van der Waals surface area contributed by atoms with Gasteiger partial charge in [-0.05, 0) is 35.1 Å². The summed E-state index contributed by atoms with van der Waals surface area (Å²) >= 11 is 3.72. The first-order valence-corrected chi connectivity index (χ1v) is 9.57. The number of halogens is 1. The zero-order valence-corrected chi connectivity index (χ0v) is 15.9. The van der Waals surface area contributed by atoms with E-state index in [2.05, 4.69) is 47.1 Å². The van der Waals surface area contributed by atoms with E-state index in [9.17, 15) is 4.79 Å². The van der Waals surface area contributed by atoms with Crippen LogP contribution in [0, 0.1) is 0 Å². The van der Waals surface area contributed by atoms with Crippen molar-refractivity contribution >= 4 is 43.0 Å². The predicted octanol–water partition coefficient (Wildman–Crippen LogP) is 6.04. The Morgan fingerprint density at radius 1 is 0.846 bits per heavy atom. The third kappa shape index (κ3) is 1.95. The van der Waals surface area contributed by atoms with E-state index in [1.54, 1.807) is 0 Å². The number of benzene rings is 3. The lowest BCUT2D eigenvalue weighted by atomic mass is 10.0. The summed E-state index contributed by atoms with van der Waals surface area (Å²) in [6.45, 7) is 2.16. The maximum atomic E-state index is 13.5. The minimum Gasteiger partial charge on any atom is -0.275 e. The molecule has 0 N–H and O–H groups in total. The second-order valence-electron chi connectivity index (χ2n) is 6.55. The molecule has 0 amide bonds. The second-order valence-corrected chi connectivity index (χ2v) is 7.41. The van der Waals surface area contributed by atoms with Crippen molar-refractivity contribution in [3.63, 3.8) is 0 Å². The Kier molecular flexibility index (Phi) is 3.41. The maximum Gasteiger partial charge on any atom is 0.263 e. The van der Waals surface area contributed by atoms with Crippen LogP contribution in [-0.4, -0.2) is 4.40 Å². The Morgan fingerprint density at radius 2 is 1.54 bits per heavy atom. The predicted molar refractivity (Wildman–Crippen MR) is 112 cm³/mol. The van der Waals surface area contributed by atoms with Crippen molar-refractivity contribution in [1.29, 1.82) is 0 Å². The van der Waals surface area contributed by atoms with Gasteiger partial charge in [-0.2, -0.15) is 0 Å². The van der Waals surface area contributed by atoms with Crippen LogP contribution in [0.5, 0.6) is 0 Å². The molecule has 0 aliphatic heterocycles. The molecule has 0 atom stereocenters. The van der Waals surface area contributed by atoms with E-state index in [4.69, 9.17) is 0 Å². The fraction of sp³-hybridized carbons (Fsp3) is 0.0870. The number of rotatable bonds is 2.